The highest BCUT2D eigenvalue weighted by Crippen LogP contribution is 2.37. The van der Waals surface area contributed by atoms with Gasteiger partial charge in [0.05, 0.1) is 12.2 Å². The standard InChI is InChI=1S/C30H35IO3/c1-3-5-6-7-8-12-23-33-28-21-19-25(20-22-28)24-15-17-26(18-16-24)29(32)34-30(31,4-2)27-13-10-9-11-14-27/h9-11,13-22H,3-8,12,23H2,1-2H3. The van der Waals surface area contributed by atoms with Crippen LogP contribution >= 0.6 is 22.6 Å². The van der Waals surface area contributed by atoms with Crippen LogP contribution in [0.25, 0.3) is 11.1 Å². The van der Waals surface area contributed by atoms with E-state index in [1.165, 1.54) is 32.1 Å². The molecule has 3 aromatic rings. The molecule has 0 N–H and O–H groups in total. The molecule has 1 unspecified atom stereocenters. The molecule has 0 bridgehead atoms. The van der Waals surface area contributed by atoms with E-state index in [9.17, 15) is 4.79 Å². The number of esters is 1. The van der Waals surface area contributed by atoms with Gasteiger partial charge in [-0.3, -0.25) is 0 Å². The molecular weight excluding hydrogens is 535 g/mol. The number of hydrogen-bond acceptors (Lipinski definition) is 3. The summed E-state index contributed by atoms with van der Waals surface area (Å²) in [6.07, 6.45) is 8.25. The summed E-state index contributed by atoms with van der Waals surface area (Å²) < 4.78 is 11.1. The minimum Gasteiger partial charge on any atom is -0.494 e. The van der Waals surface area contributed by atoms with E-state index in [1.54, 1.807) is 0 Å². The van der Waals surface area contributed by atoms with Gasteiger partial charge in [0.1, 0.15) is 5.75 Å². The first-order valence-electron chi connectivity index (χ1n) is 12.4. The Balaban J connectivity index is 1.54. The molecule has 1 atom stereocenters. The number of ether oxygens (including phenoxy) is 2. The second-order valence-corrected chi connectivity index (χ2v) is 10.3. The number of carbonyl (C=O) groups is 1. The van der Waals surface area contributed by atoms with E-state index in [-0.39, 0.29) is 5.97 Å². The Morgan fingerprint density at radius 3 is 1.97 bits per heavy atom. The summed E-state index contributed by atoms with van der Waals surface area (Å²) in [5.41, 5.74) is 3.68. The molecular formula is C30H35IO3. The second-order valence-electron chi connectivity index (χ2n) is 8.56. The normalized spacial score (nSPS) is 12.7. The van der Waals surface area contributed by atoms with Crippen molar-refractivity contribution in [3.8, 4) is 16.9 Å². The largest absolute Gasteiger partial charge is 0.494 e. The van der Waals surface area contributed by atoms with E-state index in [0.29, 0.717) is 12.0 Å². The van der Waals surface area contributed by atoms with Gasteiger partial charge in [0, 0.05) is 5.56 Å². The van der Waals surface area contributed by atoms with Gasteiger partial charge >= 0.3 is 5.97 Å². The van der Waals surface area contributed by atoms with Gasteiger partial charge in [-0.1, -0.05) is 101 Å². The van der Waals surface area contributed by atoms with Crippen LogP contribution in [-0.2, 0) is 8.34 Å². The topological polar surface area (TPSA) is 35.5 Å². The molecule has 0 aliphatic heterocycles. The zero-order valence-corrected chi connectivity index (χ0v) is 22.4. The first-order valence-corrected chi connectivity index (χ1v) is 13.4. The lowest BCUT2D eigenvalue weighted by Crippen LogP contribution is -2.25. The smallest absolute Gasteiger partial charge is 0.339 e. The quantitative estimate of drug-likeness (QED) is 0.0891. The van der Waals surface area contributed by atoms with Crippen molar-refractivity contribution in [1.82, 2.24) is 0 Å². The fourth-order valence-electron chi connectivity index (χ4n) is 3.84. The van der Waals surface area contributed by atoms with Gasteiger partial charge in [-0.15, -0.1) is 0 Å². The molecule has 3 rings (SSSR count). The lowest BCUT2D eigenvalue weighted by atomic mass is 10.0. The molecule has 0 aromatic heterocycles. The summed E-state index contributed by atoms with van der Waals surface area (Å²) in [6, 6.07) is 25.6. The third-order valence-electron chi connectivity index (χ3n) is 5.99. The molecule has 0 spiro atoms. The first-order chi connectivity index (χ1) is 16.6. The van der Waals surface area contributed by atoms with E-state index in [4.69, 9.17) is 9.47 Å². The number of carbonyl (C=O) groups excluding carboxylic acids is 1. The Kier molecular flexibility index (Phi) is 10.4. The summed E-state index contributed by atoms with van der Waals surface area (Å²) in [4.78, 5) is 12.8. The highest BCUT2D eigenvalue weighted by atomic mass is 127. The fourth-order valence-corrected chi connectivity index (χ4v) is 4.40. The minimum atomic E-state index is -0.680. The van der Waals surface area contributed by atoms with Crippen molar-refractivity contribution in [1.29, 1.82) is 0 Å². The van der Waals surface area contributed by atoms with Crippen molar-refractivity contribution in [3.63, 3.8) is 0 Å². The van der Waals surface area contributed by atoms with Crippen LogP contribution in [0.4, 0.5) is 0 Å². The molecule has 0 aliphatic carbocycles. The van der Waals surface area contributed by atoms with Gasteiger partial charge < -0.3 is 9.47 Å². The van der Waals surface area contributed by atoms with Gasteiger partial charge in [-0.05, 0) is 70.8 Å². The summed E-state index contributed by atoms with van der Waals surface area (Å²) in [5, 5.41) is 0. The molecule has 180 valence electrons. The zero-order valence-electron chi connectivity index (χ0n) is 20.3. The minimum absolute atomic E-state index is 0.315. The van der Waals surface area contributed by atoms with Crippen LogP contribution in [0, 0.1) is 0 Å². The monoisotopic (exact) mass is 570 g/mol. The SMILES string of the molecule is CCCCCCCCOc1ccc(-c2ccc(C(=O)OC(I)(CC)c3ccccc3)cc2)cc1. The van der Waals surface area contributed by atoms with Gasteiger partial charge in [-0.2, -0.15) is 0 Å². The van der Waals surface area contributed by atoms with E-state index in [0.717, 1.165) is 35.5 Å². The van der Waals surface area contributed by atoms with Gasteiger partial charge in [0.25, 0.3) is 0 Å². The molecule has 4 heteroatoms. The maximum absolute atomic E-state index is 12.8. The van der Waals surface area contributed by atoms with Crippen molar-refractivity contribution < 1.29 is 14.3 Å². The van der Waals surface area contributed by atoms with Crippen molar-refractivity contribution in [3.05, 3.63) is 90.0 Å². The lowest BCUT2D eigenvalue weighted by molar-refractivity contribution is 0.0231. The van der Waals surface area contributed by atoms with E-state index in [1.807, 2.05) is 73.7 Å². The number of benzene rings is 3. The second kappa shape index (κ2) is 13.5. The van der Waals surface area contributed by atoms with Crippen LogP contribution in [0.1, 0.15) is 74.7 Å². The molecule has 0 radical (unpaired) electrons. The predicted octanol–water partition coefficient (Wildman–Crippen LogP) is 8.95. The van der Waals surface area contributed by atoms with Crippen LogP contribution < -0.4 is 4.74 Å². The Bertz CT molecular complexity index is 999. The average molecular weight is 571 g/mol. The fraction of sp³-hybridized carbons (Fsp3) is 0.367. The zero-order chi connectivity index (χ0) is 24.2. The maximum Gasteiger partial charge on any atom is 0.339 e. The third-order valence-corrected chi connectivity index (χ3v) is 7.59. The van der Waals surface area contributed by atoms with Crippen molar-refractivity contribution in [2.45, 2.75) is 62.4 Å². The molecule has 0 amide bonds. The molecule has 0 heterocycles. The van der Waals surface area contributed by atoms with Gasteiger partial charge in [0.2, 0.25) is 0 Å². The van der Waals surface area contributed by atoms with Gasteiger partial charge in [-0.25, -0.2) is 4.79 Å². The molecule has 0 aliphatic rings. The average Bonchev–Trinajstić information content (AvgIpc) is 2.89. The number of halogens is 1. The highest BCUT2D eigenvalue weighted by Gasteiger charge is 2.31. The molecule has 0 fully saturated rings. The molecule has 0 saturated carbocycles. The number of unbranched alkanes of at least 4 members (excludes halogenated alkanes) is 5. The molecule has 3 aromatic carbocycles. The summed E-state index contributed by atoms with van der Waals surface area (Å²) >= 11 is 2.23. The predicted molar refractivity (Wildman–Crippen MR) is 149 cm³/mol. The third kappa shape index (κ3) is 7.59. The van der Waals surface area contributed by atoms with Crippen LogP contribution in [-0.4, -0.2) is 12.6 Å². The summed E-state index contributed by atoms with van der Waals surface area (Å²) in [6.45, 7) is 5.03. The van der Waals surface area contributed by atoms with Crippen molar-refractivity contribution in [2.75, 3.05) is 6.61 Å². The molecule has 3 nitrogen and oxygen atoms in total. The Morgan fingerprint density at radius 1 is 0.765 bits per heavy atom. The maximum atomic E-state index is 12.8. The Labute approximate surface area is 218 Å². The highest BCUT2D eigenvalue weighted by molar-refractivity contribution is 14.1. The van der Waals surface area contributed by atoms with E-state index < -0.39 is 3.61 Å². The van der Waals surface area contributed by atoms with Crippen LogP contribution in [0.2, 0.25) is 0 Å². The Hall–Kier alpha value is -2.34. The summed E-state index contributed by atoms with van der Waals surface area (Å²) in [5.74, 6) is 0.585. The van der Waals surface area contributed by atoms with Crippen LogP contribution in [0.15, 0.2) is 78.9 Å². The number of alkyl halides is 1. The van der Waals surface area contributed by atoms with E-state index >= 15 is 0 Å². The van der Waals surface area contributed by atoms with Crippen molar-refractivity contribution >= 4 is 28.6 Å². The van der Waals surface area contributed by atoms with Gasteiger partial charge in [0.15, 0.2) is 3.61 Å². The van der Waals surface area contributed by atoms with Crippen LogP contribution in [0.3, 0.4) is 0 Å². The van der Waals surface area contributed by atoms with Crippen LogP contribution in [0.5, 0.6) is 5.75 Å². The number of hydrogen-bond donors (Lipinski definition) is 0. The lowest BCUT2D eigenvalue weighted by Gasteiger charge is -2.27. The molecule has 34 heavy (non-hydrogen) atoms. The Morgan fingerprint density at radius 2 is 1.35 bits per heavy atom. The molecule has 0 saturated heterocycles. The summed E-state index contributed by atoms with van der Waals surface area (Å²) in [7, 11) is 0. The van der Waals surface area contributed by atoms with Crippen molar-refractivity contribution in [2.24, 2.45) is 0 Å². The first kappa shape index (κ1) is 26.3. The van der Waals surface area contributed by atoms with E-state index in [2.05, 4.69) is 41.6 Å². The number of rotatable bonds is 13.